The quantitative estimate of drug-likeness (QED) is 0.293. The van der Waals surface area contributed by atoms with Crippen molar-refractivity contribution in [2.75, 3.05) is 0 Å². The maximum Gasteiger partial charge on any atom is 0.109 e. The van der Waals surface area contributed by atoms with Crippen LogP contribution in [-0.2, 0) is 5.41 Å². The lowest BCUT2D eigenvalue weighted by Gasteiger charge is -2.19. The lowest BCUT2D eigenvalue weighted by molar-refractivity contribution is 0.592. The predicted molar refractivity (Wildman–Crippen MR) is 121 cm³/mol. The van der Waals surface area contributed by atoms with Gasteiger partial charge in [0.05, 0.1) is 21.6 Å². The molecule has 0 aliphatic carbocycles. The molecule has 0 aliphatic heterocycles. The smallest absolute Gasteiger partial charge is 0.109 e. The van der Waals surface area contributed by atoms with E-state index in [1.807, 2.05) is 23.6 Å². The topological polar surface area (TPSA) is 17.3 Å². The molecule has 6 aromatic rings. The number of rotatable bonds is 1. The van der Waals surface area contributed by atoms with Crippen molar-refractivity contribution in [3.63, 3.8) is 0 Å². The normalized spacial score (nSPS) is 12.8. The highest BCUT2D eigenvalue weighted by Crippen LogP contribution is 2.45. The Balaban J connectivity index is 1.83. The van der Waals surface area contributed by atoms with E-state index in [4.69, 9.17) is 0 Å². The summed E-state index contributed by atoms with van der Waals surface area (Å²) in [5, 5.41) is 5.39. The average molecular weight is 381 g/mol. The van der Waals surface area contributed by atoms with E-state index in [0.717, 1.165) is 5.69 Å². The molecule has 0 radical (unpaired) electrons. The SMILES string of the molecule is CC(C)(C)c1cc2c3ccccc3n3c4sc(-c5ccccn5)cc4c(c1)c23. The van der Waals surface area contributed by atoms with Crippen molar-refractivity contribution in [1.82, 2.24) is 9.38 Å². The van der Waals surface area contributed by atoms with Crippen LogP contribution in [0.3, 0.4) is 0 Å². The summed E-state index contributed by atoms with van der Waals surface area (Å²) in [4.78, 5) is 7.11. The second-order valence-corrected chi connectivity index (χ2v) is 9.60. The molecule has 2 aromatic carbocycles. The number of aromatic nitrogens is 2. The first-order valence-electron chi connectivity index (χ1n) is 9.66. The van der Waals surface area contributed by atoms with Crippen LogP contribution in [0, 0.1) is 0 Å². The van der Waals surface area contributed by atoms with Gasteiger partial charge in [-0.05, 0) is 47.4 Å². The molecule has 0 N–H and O–H groups in total. The molecule has 6 rings (SSSR count). The minimum absolute atomic E-state index is 0.108. The molecule has 0 aliphatic rings. The molecule has 0 fully saturated rings. The van der Waals surface area contributed by atoms with E-state index in [1.165, 1.54) is 47.8 Å². The molecule has 0 spiro atoms. The Labute approximate surface area is 167 Å². The molecule has 136 valence electrons. The molecular weight excluding hydrogens is 360 g/mol. The molecule has 4 aromatic heterocycles. The molecular formula is C25H20N2S. The highest BCUT2D eigenvalue weighted by atomic mass is 32.1. The number of benzene rings is 2. The van der Waals surface area contributed by atoms with Gasteiger partial charge in [-0.3, -0.25) is 9.38 Å². The summed E-state index contributed by atoms with van der Waals surface area (Å²) in [7, 11) is 0. The second-order valence-electron chi connectivity index (χ2n) is 8.57. The fourth-order valence-corrected chi connectivity index (χ4v) is 5.49. The largest absolute Gasteiger partial charge is 0.299 e. The Morgan fingerprint density at radius 1 is 0.821 bits per heavy atom. The van der Waals surface area contributed by atoms with Gasteiger partial charge in [0.2, 0.25) is 0 Å². The zero-order valence-corrected chi connectivity index (χ0v) is 17.0. The first-order valence-corrected chi connectivity index (χ1v) is 10.5. The summed E-state index contributed by atoms with van der Waals surface area (Å²) in [6.45, 7) is 6.88. The molecule has 3 heteroatoms. The van der Waals surface area contributed by atoms with Gasteiger partial charge in [-0.25, -0.2) is 0 Å². The Morgan fingerprint density at radius 3 is 2.32 bits per heavy atom. The number of para-hydroxylation sites is 1. The van der Waals surface area contributed by atoms with Crippen LogP contribution in [-0.4, -0.2) is 9.38 Å². The van der Waals surface area contributed by atoms with Gasteiger partial charge in [-0.1, -0.05) is 45.0 Å². The Hall–Kier alpha value is -2.91. The van der Waals surface area contributed by atoms with Crippen molar-refractivity contribution in [1.29, 1.82) is 0 Å². The van der Waals surface area contributed by atoms with Crippen LogP contribution in [0.4, 0.5) is 0 Å². The van der Waals surface area contributed by atoms with Gasteiger partial charge in [0.1, 0.15) is 4.83 Å². The van der Waals surface area contributed by atoms with Crippen LogP contribution in [0.2, 0.25) is 0 Å². The molecule has 0 saturated heterocycles. The van der Waals surface area contributed by atoms with E-state index in [0.29, 0.717) is 0 Å². The van der Waals surface area contributed by atoms with E-state index in [-0.39, 0.29) is 5.41 Å². The van der Waals surface area contributed by atoms with Gasteiger partial charge < -0.3 is 0 Å². The van der Waals surface area contributed by atoms with Crippen molar-refractivity contribution < 1.29 is 0 Å². The molecule has 4 heterocycles. The first-order chi connectivity index (χ1) is 13.5. The second kappa shape index (κ2) is 5.33. The summed E-state index contributed by atoms with van der Waals surface area (Å²) in [6, 6.07) is 22.0. The third-order valence-electron chi connectivity index (χ3n) is 5.76. The van der Waals surface area contributed by atoms with Gasteiger partial charge in [0.25, 0.3) is 0 Å². The first kappa shape index (κ1) is 16.1. The van der Waals surface area contributed by atoms with Gasteiger partial charge in [-0.2, -0.15) is 0 Å². The molecule has 0 amide bonds. The van der Waals surface area contributed by atoms with Crippen LogP contribution in [0.5, 0.6) is 0 Å². The van der Waals surface area contributed by atoms with Crippen LogP contribution in [0.1, 0.15) is 26.3 Å². The third-order valence-corrected chi connectivity index (χ3v) is 6.90. The summed E-state index contributed by atoms with van der Waals surface area (Å²) in [5.74, 6) is 0. The Morgan fingerprint density at radius 2 is 1.57 bits per heavy atom. The standard InChI is InChI=1S/C25H20N2S/c1-25(2,3)15-12-17-16-8-4-5-10-21(16)27-23(17)18(13-15)19-14-22(28-24(19)27)20-9-6-7-11-26-20/h4-14H,1-3H3. The Bertz CT molecular complexity index is 1480. The van der Waals surface area contributed by atoms with Crippen molar-refractivity contribution in [2.45, 2.75) is 26.2 Å². The number of hydrogen-bond donors (Lipinski definition) is 0. The highest BCUT2D eigenvalue weighted by molar-refractivity contribution is 7.22. The van der Waals surface area contributed by atoms with E-state index in [9.17, 15) is 0 Å². The number of nitrogens with zero attached hydrogens (tertiary/aromatic N) is 2. The highest BCUT2D eigenvalue weighted by Gasteiger charge is 2.23. The van der Waals surface area contributed by atoms with Gasteiger partial charge in [0, 0.05) is 27.7 Å². The predicted octanol–water partition coefficient (Wildman–Crippen LogP) is 7.26. The van der Waals surface area contributed by atoms with Crippen molar-refractivity contribution in [3.05, 3.63) is 72.4 Å². The zero-order chi connectivity index (χ0) is 19.0. The minimum atomic E-state index is 0.108. The van der Waals surface area contributed by atoms with E-state index in [2.05, 4.69) is 84.8 Å². The van der Waals surface area contributed by atoms with E-state index < -0.39 is 0 Å². The number of pyridine rings is 1. The summed E-state index contributed by atoms with van der Waals surface area (Å²) in [5.41, 5.74) is 5.18. The number of thiophene rings is 1. The minimum Gasteiger partial charge on any atom is -0.299 e. The van der Waals surface area contributed by atoms with Crippen molar-refractivity contribution >= 4 is 48.7 Å². The summed E-state index contributed by atoms with van der Waals surface area (Å²) >= 11 is 1.84. The monoisotopic (exact) mass is 380 g/mol. The molecule has 28 heavy (non-hydrogen) atoms. The van der Waals surface area contributed by atoms with Gasteiger partial charge in [-0.15, -0.1) is 11.3 Å². The number of fused-ring (bicyclic) bond motifs is 6. The molecule has 0 saturated carbocycles. The van der Waals surface area contributed by atoms with Crippen LogP contribution < -0.4 is 0 Å². The average Bonchev–Trinajstić information content (AvgIpc) is 3.34. The summed E-state index contributed by atoms with van der Waals surface area (Å²) in [6.07, 6.45) is 1.87. The number of hydrogen-bond acceptors (Lipinski definition) is 2. The molecule has 0 atom stereocenters. The van der Waals surface area contributed by atoms with Crippen LogP contribution in [0.25, 0.3) is 48.0 Å². The molecule has 0 unspecified atom stereocenters. The van der Waals surface area contributed by atoms with Gasteiger partial charge >= 0.3 is 0 Å². The van der Waals surface area contributed by atoms with E-state index >= 15 is 0 Å². The molecule has 0 bridgehead atoms. The van der Waals surface area contributed by atoms with E-state index in [1.54, 1.807) is 0 Å². The lowest BCUT2D eigenvalue weighted by atomic mass is 9.85. The maximum absolute atomic E-state index is 4.57. The fourth-order valence-electron chi connectivity index (χ4n) is 4.32. The maximum atomic E-state index is 4.57. The van der Waals surface area contributed by atoms with Crippen LogP contribution in [0.15, 0.2) is 66.9 Å². The van der Waals surface area contributed by atoms with Gasteiger partial charge in [0.15, 0.2) is 0 Å². The Kier molecular flexibility index (Phi) is 3.06. The summed E-state index contributed by atoms with van der Waals surface area (Å²) < 4.78 is 2.46. The fraction of sp³-hybridized carbons (Fsp3) is 0.160. The van der Waals surface area contributed by atoms with Crippen LogP contribution >= 0.6 is 11.3 Å². The van der Waals surface area contributed by atoms with Crippen molar-refractivity contribution in [2.24, 2.45) is 0 Å². The third kappa shape index (κ3) is 2.05. The van der Waals surface area contributed by atoms with Crippen molar-refractivity contribution in [3.8, 4) is 10.6 Å². The molecule has 2 nitrogen and oxygen atoms in total. The lowest BCUT2D eigenvalue weighted by Crippen LogP contribution is -2.10. The zero-order valence-electron chi connectivity index (χ0n) is 16.2.